The van der Waals surface area contributed by atoms with E-state index in [2.05, 4.69) is 63.5 Å². The molecule has 198 valence electrons. The van der Waals surface area contributed by atoms with Gasteiger partial charge >= 0.3 is 0 Å². The fraction of sp³-hybridized carbons (Fsp3) is 0.517. The highest BCUT2D eigenvalue weighted by Crippen LogP contribution is 2.29. The van der Waals surface area contributed by atoms with E-state index < -0.39 is 0 Å². The maximum atomic E-state index is 13.1. The molecule has 2 aromatic rings. The predicted molar refractivity (Wildman–Crippen MR) is 145 cm³/mol. The lowest BCUT2D eigenvalue weighted by molar-refractivity contribution is -0.132. The van der Waals surface area contributed by atoms with Crippen molar-refractivity contribution in [3.63, 3.8) is 0 Å². The number of carbonyl (C=O) groups is 2. The van der Waals surface area contributed by atoms with Crippen LogP contribution < -0.4 is 15.0 Å². The summed E-state index contributed by atoms with van der Waals surface area (Å²) < 4.78 is 5.27. The molecular formula is C29H39N5O3. The summed E-state index contributed by atoms with van der Waals surface area (Å²) in [6, 6.07) is 18.6. The third-order valence-electron chi connectivity index (χ3n) is 8.34. The number of nitrogens with zero attached hydrogens (tertiary/aromatic N) is 4. The van der Waals surface area contributed by atoms with Crippen molar-refractivity contribution in [1.29, 1.82) is 0 Å². The monoisotopic (exact) mass is 505 g/mol. The highest BCUT2D eigenvalue weighted by molar-refractivity contribution is 5.83. The fourth-order valence-electron chi connectivity index (χ4n) is 6.09. The number of anilines is 1. The van der Waals surface area contributed by atoms with E-state index in [4.69, 9.17) is 4.74 Å². The van der Waals surface area contributed by atoms with Crippen molar-refractivity contribution in [3.8, 4) is 5.75 Å². The zero-order valence-corrected chi connectivity index (χ0v) is 22.0. The molecule has 1 N–H and O–H groups in total. The molecule has 5 rings (SSSR count). The topological polar surface area (TPSA) is 68.4 Å². The van der Waals surface area contributed by atoms with Crippen molar-refractivity contribution in [2.24, 2.45) is 0 Å². The number of likely N-dealkylation sites (N-methyl/N-ethyl adjacent to an activating group) is 1. The molecule has 0 saturated carbocycles. The molecular weight excluding hydrogens is 466 g/mol. The van der Waals surface area contributed by atoms with Crippen LogP contribution in [0.25, 0.3) is 0 Å². The normalized spacial score (nSPS) is 24.9. The minimum atomic E-state index is -0.168. The Bertz CT molecular complexity index is 1050. The largest absolute Gasteiger partial charge is 0.497 e. The van der Waals surface area contributed by atoms with Gasteiger partial charge in [-0.1, -0.05) is 30.3 Å². The van der Waals surface area contributed by atoms with Crippen LogP contribution in [0.4, 0.5) is 5.69 Å². The van der Waals surface area contributed by atoms with E-state index in [-0.39, 0.29) is 29.9 Å². The molecule has 8 heteroatoms. The number of methoxy groups -OCH3 is 1. The first-order valence-electron chi connectivity index (χ1n) is 13.5. The molecule has 3 fully saturated rings. The third-order valence-corrected chi connectivity index (χ3v) is 8.34. The first-order chi connectivity index (χ1) is 18.0. The molecule has 37 heavy (non-hydrogen) atoms. The number of piperazine rings is 1. The molecule has 3 atom stereocenters. The van der Waals surface area contributed by atoms with Gasteiger partial charge in [0.1, 0.15) is 11.8 Å². The number of hydrogen-bond acceptors (Lipinski definition) is 6. The number of rotatable bonds is 7. The standard InChI is InChI=1S/C29H39N5O3/c1-31-24(10-13-27(35)33-18-16-32(17-19-33)23-6-4-3-5-7-23)20-30-29(36)28-26(31)14-15-34(28)21-22-8-11-25(37-2)12-9-22/h3-9,11-12,24,26,28H,10,13-21H2,1-2H3,(H,30,36)/t24-,26+,28-/m0/s1. The van der Waals surface area contributed by atoms with Crippen molar-refractivity contribution in [2.45, 2.75) is 43.9 Å². The second-order valence-electron chi connectivity index (χ2n) is 10.4. The average Bonchev–Trinajstić information content (AvgIpc) is 3.32. The summed E-state index contributed by atoms with van der Waals surface area (Å²) in [6.45, 7) is 5.46. The molecule has 3 aliphatic rings. The number of carbonyl (C=O) groups excluding carboxylic acids is 2. The molecule has 2 amide bonds. The quantitative estimate of drug-likeness (QED) is 0.622. The number of benzene rings is 2. The summed E-state index contributed by atoms with van der Waals surface area (Å²) >= 11 is 0. The van der Waals surface area contributed by atoms with Crippen molar-refractivity contribution < 1.29 is 14.3 Å². The van der Waals surface area contributed by atoms with Crippen LogP contribution in [-0.2, 0) is 16.1 Å². The number of amides is 2. The Morgan fingerprint density at radius 1 is 1.00 bits per heavy atom. The van der Waals surface area contributed by atoms with Crippen molar-refractivity contribution in [3.05, 3.63) is 60.2 Å². The van der Waals surface area contributed by atoms with Gasteiger partial charge in [0.05, 0.1) is 7.11 Å². The molecule has 0 aromatic heterocycles. The van der Waals surface area contributed by atoms with Gasteiger partial charge in [-0.2, -0.15) is 0 Å². The summed E-state index contributed by atoms with van der Waals surface area (Å²) in [5.41, 5.74) is 2.40. The fourth-order valence-corrected chi connectivity index (χ4v) is 6.09. The summed E-state index contributed by atoms with van der Waals surface area (Å²) in [5.74, 6) is 1.17. The number of hydrogen-bond donors (Lipinski definition) is 1. The van der Waals surface area contributed by atoms with E-state index in [0.717, 1.165) is 57.9 Å². The van der Waals surface area contributed by atoms with Gasteiger partial charge in [0.25, 0.3) is 0 Å². The Balaban J connectivity index is 1.14. The van der Waals surface area contributed by atoms with Gasteiger partial charge in [-0.25, -0.2) is 0 Å². The van der Waals surface area contributed by atoms with Crippen LogP contribution >= 0.6 is 0 Å². The second kappa shape index (κ2) is 11.5. The molecule has 0 aliphatic carbocycles. The van der Waals surface area contributed by atoms with Crippen molar-refractivity contribution in [2.75, 3.05) is 58.3 Å². The summed E-state index contributed by atoms with van der Waals surface area (Å²) in [5, 5.41) is 3.18. The lowest BCUT2D eigenvalue weighted by atomic mass is 10.0. The highest BCUT2D eigenvalue weighted by atomic mass is 16.5. The Kier molecular flexibility index (Phi) is 7.96. The Labute approximate surface area is 220 Å². The van der Waals surface area contributed by atoms with E-state index in [1.807, 2.05) is 23.1 Å². The number of ether oxygens (including phenoxy) is 1. The van der Waals surface area contributed by atoms with Crippen LogP contribution in [0, 0.1) is 0 Å². The van der Waals surface area contributed by atoms with Crippen molar-refractivity contribution in [1.82, 2.24) is 20.0 Å². The molecule has 8 nitrogen and oxygen atoms in total. The molecule has 3 saturated heterocycles. The van der Waals surface area contributed by atoms with Crippen LogP contribution in [-0.4, -0.2) is 98.1 Å². The Hall–Kier alpha value is -3.10. The van der Waals surface area contributed by atoms with E-state index in [1.165, 1.54) is 11.3 Å². The van der Waals surface area contributed by atoms with E-state index >= 15 is 0 Å². The zero-order valence-electron chi connectivity index (χ0n) is 22.0. The number of nitrogens with one attached hydrogen (secondary N) is 1. The lowest BCUT2D eigenvalue weighted by Crippen LogP contribution is -2.50. The number of likely N-dealkylation sites (tertiary alicyclic amines) is 1. The third kappa shape index (κ3) is 5.75. The van der Waals surface area contributed by atoms with Crippen LogP contribution in [0.15, 0.2) is 54.6 Å². The second-order valence-corrected chi connectivity index (χ2v) is 10.4. The Morgan fingerprint density at radius 2 is 1.73 bits per heavy atom. The average molecular weight is 506 g/mol. The van der Waals surface area contributed by atoms with Crippen LogP contribution in [0.1, 0.15) is 24.8 Å². The van der Waals surface area contributed by atoms with E-state index in [9.17, 15) is 9.59 Å². The molecule has 3 aliphatic heterocycles. The summed E-state index contributed by atoms with van der Waals surface area (Å²) in [7, 11) is 3.80. The maximum Gasteiger partial charge on any atom is 0.239 e. The molecule has 2 aromatic carbocycles. The summed E-state index contributed by atoms with van der Waals surface area (Å²) in [4.78, 5) is 35.2. The highest BCUT2D eigenvalue weighted by Gasteiger charge is 2.45. The smallest absolute Gasteiger partial charge is 0.239 e. The van der Waals surface area contributed by atoms with Gasteiger partial charge in [0.2, 0.25) is 11.8 Å². The molecule has 3 heterocycles. The van der Waals surface area contributed by atoms with E-state index in [1.54, 1.807) is 7.11 Å². The molecule has 0 spiro atoms. The van der Waals surface area contributed by atoms with Gasteiger partial charge in [0.15, 0.2) is 0 Å². The molecule has 0 radical (unpaired) electrons. The van der Waals surface area contributed by atoms with Crippen molar-refractivity contribution >= 4 is 17.5 Å². The van der Waals surface area contributed by atoms with Crippen LogP contribution in [0.5, 0.6) is 5.75 Å². The Morgan fingerprint density at radius 3 is 2.43 bits per heavy atom. The van der Waals surface area contributed by atoms with E-state index in [0.29, 0.717) is 13.0 Å². The maximum absolute atomic E-state index is 13.1. The molecule has 0 unspecified atom stereocenters. The first-order valence-corrected chi connectivity index (χ1v) is 13.5. The predicted octanol–water partition coefficient (Wildman–Crippen LogP) is 2.20. The van der Waals surface area contributed by atoms with Crippen LogP contribution in [0.3, 0.4) is 0 Å². The summed E-state index contributed by atoms with van der Waals surface area (Å²) in [6.07, 6.45) is 2.23. The first kappa shape index (κ1) is 25.5. The van der Waals surface area contributed by atoms with Crippen LogP contribution in [0.2, 0.25) is 0 Å². The number of fused-ring (bicyclic) bond motifs is 1. The SMILES string of the molecule is COc1ccc(CN2CC[C@@H]3[C@H]2C(=O)NC[C@H](CCC(=O)N2CCN(c4ccccc4)CC2)N3C)cc1. The van der Waals surface area contributed by atoms with Gasteiger partial charge in [-0.05, 0) is 49.7 Å². The van der Waals surface area contributed by atoms with Gasteiger partial charge in [-0.15, -0.1) is 0 Å². The number of para-hydroxylation sites is 1. The van der Waals surface area contributed by atoms with Gasteiger partial charge < -0.3 is 19.9 Å². The zero-order chi connectivity index (χ0) is 25.8. The minimum Gasteiger partial charge on any atom is -0.497 e. The van der Waals surface area contributed by atoms with Gasteiger partial charge in [-0.3, -0.25) is 19.4 Å². The minimum absolute atomic E-state index is 0.105. The lowest BCUT2D eigenvalue weighted by Gasteiger charge is -2.37. The van der Waals surface area contributed by atoms with Gasteiger partial charge in [0, 0.05) is 70.0 Å². The molecule has 0 bridgehead atoms.